The summed E-state index contributed by atoms with van der Waals surface area (Å²) in [7, 11) is -6.73. The minimum Gasteiger partial charge on any atom is -0.743 e. The molecular weight excluding hydrogens is 519 g/mol. The van der Waals surface area contributed by atoms with Gasteiger partial charge in [0.15, 0.2) is 10.1 Å². The molecule has 0 fully saturated rings. The van der Waals surface area contributed by atoms with Crippen molar-refractivity contribution in [2.45, 2.75) is 89.1 Å². The first-order valence-electron chi connectivity index (χ1n) is 10.1. The van der Waals surface area contributed by atoms with Gasteiger partial charge in [-0.1, -0.05) is 6.58 Å². The van der Waals surface area contributed by atoms with Gasteiger partial charge in [-0.25, -0.2) is 13.2 Å². The Morgan fingerprint density at radius 3 is 1.77 bits per heavy atom. The number of ether oxygens (including phenoxy) is 2. The van der Waals surface area contributed by atoms with Crippen LogP contribution < -0.4 is 0 Å². The van der Waals surface area contributed by atoms with E-state index in [2.05, 4.69) is 16.1 Å². The van der Waals surface area contributed by atoms with Gasteiger partial charge in [0.2, 0.25) is 0 Å². The average molecular weight is 546 g/mol. The highest BCUT2D eigenvalue weighted by molar-refractivity contribution is 7.86. The van der Waals surface area contributed by atoms with E-state index >= 15 is 0 Å². The second-order valence-electron chi connectivity index (χ2n) is 8.17. The van der Waals surface area contributed by atoms with Crippen LogP contribution in [0.5, 0.6) is 0 Å². The van der Waals surface area contributed by atoms with E-state index in [0.717, 1.165) is 6.92 Å². The molecule has 8 nitrogen and oxygen atoms in total. The van der Waals surface area contributed by atoms with Crippen LogP contribution in [0.2, 0.25) is 0 Å². The molecule has 0 radical (unpaired) electrons. The Labute approximate surface area is 198 Å². The van der Waals surface area contributed by atoms with E-state index in [-0.39, 0.29) is 0 Å². The molecule has 0 aromatic rings. The smallest absolute Gasteiger partial charge is 0.466 e. The third-order valence-corrected chi connectivity index (χ3v) is 5.44. The van der Waals surface area contributed by atoms with Gasteiger partial charge < -0.3 is 18.9 Å². The van der Waals surface area contributed by atoms with E-state index in [9.17, 15) is 53.3 Å². The lowest BCUT2D eigenvalue weighted by molar-refractivity contribution is -0.351. The molecule has 0 aliphatic rings. The fraction of sp³-hybridized carbons (Fsp3) is 0.789. The fourth-order valence-corrected chi connectivity index (χ4v) is 3.31. The van der Waals surface area contributed by atoms with Crippen molar-refractivity contribution in [1.29, 1.82) is 0 Å². The molecule has 0 rings (SSSR count). The van der Waals surface area contributed by atoms with Gasteiger partial charge >= 0.3 is 35.0 Å². The van der Waals surface area contributed by atoms with Gasteiger partial charge in [0.25, 0.3) is 0 Å². The molecule has 0 N–H and O–H groups in total. The van der Waals surface area contributed by atoms with E-state index in [1.807, 2.05) is 0 Å². The quantitative estimate of drug-likeness (QED) is 0.0858. The number of halogens is 7. The summed E-state index contributed by atoms with van der Waals surface area (Å²) in [5.74, 6) is -13.0. The van der Waals surface area contributed by atoms with Crippen molar-refractivity contribution >= 4 is 22.0 Å². The largest absolute Gasteiger partial charge is 0.743 e. The summed E-state index contributed by atoms with van der Waals surface area (Å²) in [6, 6.07) is -1.68. The first-order valence-corrected chi connectivity index (χ1v) is 11.5. The number of carbonyl (C=O) groups is 2. The Kier molecular flexibility index (Phi) is 10.8. The minimum absolute atomic E-state index is 0.531. The number of alkyl halides is 7. The van der Waals surface area contributed by atoms with Crippen molar-refractivity contribution in [1.82, 2.24) is 4.90 Å². The van der Waals surface area contributed by atoms with E-state index in [1.54, 1.807) is 0 Å². The Bertz CT molecular complexity index is 880. The number of nitrogens with zero attached hydrogens (tertiary/aromatic N) is 1. The van der Waals surface area contributed by atoms with Gasteiger partial charge in [0.1, 0.15) is 0 Å². The third kappa shape index (κ3) is 7.52. The molecule has 0 aromatic carbocycles. The van der Waals surface area contributed by atoms with E-state index in [1.165, 1.54) is 27.7 Å². The molecule has 1 atom stereocenters. The molecule has 206 valence electrons. The van der Waals surface area contributed by atoms with Gasteiger partial charge in [-0.15, -0.1) is 0 Å². The maximum atomic E-state index is 14.1. The summed E-state index contributed by atoms with van der Waals surface area (Å²) in [6.45, 7) is 8.38. The van der Waals surface area contributed by atoms with Crippen LogP contribution in [0.3, 0.4) is 0 Å². The van der Waals surface area contributed by atoms with E-state index in [0.29, 0.717) is 4.90 Å². The minimum atomic E-state index is -6.73. The predicted octanol–water partition coefficient (Wildman–Crippen LogP) is 3.97. The fourth-order valence-electron chi connectivity index (χ4n) is 2.84. The molecule has 1 unspecified atom stereocenters. The van der Waals surface area contributed by atoms with Gasteiger partial charge in [-0.2, -0.15) is 30.7 Å². The second kappa shape index (κ2) is 11.4. The van der Waals surface area contributed by atoms with Gasteiger partial charge in [0, 0.05) is 24.1 Å². The van der Waals surface area contributed by atoms with Crippen LogP contribution in [-0.2, 0) is 29.2 Å². The van der Waals surface area contributed by atoms with Crippen LogP contribution in [-0.4, -0.2) is 71.6 Å². The molecule has 0 spiro atoms. The number of carbonyl (C=O) groups excluding carboxylic acids is 2. The summed E-state index contributed by atoms with van der Waals surface area (Å²) >= 11 is 0. The van der Waals surface area contributed by atoms with Crippen molar-refractivity contribution < 1.29 is 62.8 Å². The van der Waals surface area contributed by atoms with E-state index < -0.39 is 88.7 Å². The molecule has 35 heavy (non-hydrogen) atoms. The number of rotatable bonds is 13. The molecule has 0 bridgehead atoms. The van der Waals surface area contributed by atoms with Crippen LogP contribution in [0, 0.1) is 0 Å². The SMILES string of the molecule is C=C(C)C(=O)OC(OCCCCC(F)(F)C(F)(F)S(=O)(=O)[O-])(C(=O)N(C(C)C)C(C)C)C(F)(F)F. The Balaban J connectivity index is 5.95. The lowest BCUT2D eigenvalue weighted by Crippen LogP contribution is -2.64. The number of hydrogen-bond acceptors (Lipinski definition) is 7. The van der Waals surface area contributed by atoms with E-state index in [4.69, 9.17) is 0 Å². The molecule has 16 heteroatoms. The van der Waals surface area contributed by atoms with Crippen LogP contribution in [0.4, 0.5) is 30.7 Å². The Hall–Kier alpha value is -1.94. The number of hydrogen-bond donors (Lipinski definition) is 0. The van der Waals surface area contributed by atoms with Crippen LogP contribution in [0.1, 0.15) is 53.9 Å². The summed E-state index contributed by atoms with van der Waals surface area (Å²) < 4.78 is 136. The molecule has 0 heterocycles. The lowest BCUT2D eigenvalue weighted by atomic mass is 10.1. The maximum Gasteiger partial charge on any atom is 0.466 e. The predicted molar refractivity (Wildman–Crippen MR) is 106 cm³/mol. The molecule has 1 amide bonds. The molecule has 0 saturated heterocycles. The monoisotopic (exact) mass is 546 g/mol. The zero-order valence-corrected chi connectivity index (χ0v) is 20.4. The topological polar surface area (TPSA) is 113 Å². The van der Waals surface area contributed by atoms with Crippen molar-refractivity contribution in [2.75, 3.05) is 6.61 Å². The highest BCUT2D eigenvalue weighted by atomic mass is 32.2. The molecule has 0 aliphatic carbocycles. The first-order chi connectivity index (χ1) is 15.5. The zero-order valence-electron chi connectivity index (χ0n) is 19.5. The van der Waals surface area contributed by atoms with Gasteiger partial charge in [0.05, 0.1) is 6.61 Å². The zero-order chi connectivity index (χ0) is 28.2. The lowest BCUT2D eigenvalue weighted by Gasteiger charge is -2.40. The highest BCUT2D eigenvalue weighted by Crippen LogP contribution is 2.42. The molecule has 0 aliphatic heterocycles. The number of unbranched alkanes of at least 4 members (excludes halogenated alkanes) is 1. The van der Waals surface area contributed by atoms with Crippen molar-refractivity contribution in [3.63, 3.8) is 0 Å². The first kappa shape index (κ1) is 33.1. The molecule has 0 saturated carbocycles. The second-order valence-corrected chi connectivity index (χ2v) is 9.59. The summed E-state index contributed by atoms with van der Waals surface area (Å²) in [6.07, 6.45) is -9.48. The summed E-state index contributed by atoms with van der Waals surface area (Å²) in [5, 5.41) is -5.96. The molecular formula is C19H27F7NO7S-. The van der Waals surface area contributed by atoms with Crippen molar-refractivity contribution in [3.05, 3.63) is 12.2 Å². The third-order valence-electron chi connectivity index (χ3n) is 4.52. The molecule has 0 aromatic heterocycles. The number of esters is 1. The summed E-state index contributed by atoms with van der Waals surface area (Å²) in [4.78, 5) is 25.6. The van der Waals surface area contributed by atoms with Crippen LogP contribution in [0.25, 0.3) is 0 Å². The van der Waals surface area contributed by atoms with Gasteiger partial charge in [-0.3, -0.25) is 4.79 Å². The van der Waals surface area contributed by atoms with Crippen molar-refractivity contribution in [3.8, 4) is 0 Å². The normalized spacial score (nSPS) is 15.2. The van der Waals surface area contributed by atoms with Crippen LogP contribution in [0.15, 0.2) is 12.2 Å². The summed E-state index contributed by atoms with van der Waals surface area (Å²) in [5.41, 5.74) is -0.531. The standard InChI is InChI=1S/C19H28F7NO7S/c1-11(2)14(28)34-17(18(22,23)24,15(29)27(12(3)4)13(5)6)33-10-8-7-9-16(20,21)19(25,26)35(30,31)32/h12-13H,1,7-10H2,2-6H3,(H,30,31,32)/p-1. The average Bonchev–Trinajstić information content (AvgIpc) is 2.63. The Morgan fingerprint density at radius 2 is 1.43 bits per heavy atom. The Morgan fingerprint density at radius 1 is 0.971 bits per heavy atom. The maximum absolute atomic E-state index is 14.1. The van der Waals surface area contributed by atoms with Crippen LogP contribution >= 0.6 is 0 Å². The van der Waals surface area contributed by atoms with Gasteiger partial charge in [-0.05, 0) is 47.5 Å². The van der Waals surface area contributed by atoms with Crippen molar-refractivity contribution in [2.24, 2.45) is 0 Å². The number of amides is 1. The highest BCUT2D eigenvalue weighted by Gasteiger charge is 2.68.